The first kappa shape index (κ1) is 80.2. The van der Waals surface area contributed by atoms with Crippen molar-refractivity contribution in [3.8, 4) is 45.3 Å². The molecule has 2 N–H and O–H groups in total. The molecule has 0 fully saturated rings. The monoisotopic (exact) mass is 1680 g/mol. The highest BCUT2D eigenvalue weighted by Gasteiger charge is 2.51. The van der Waals surface area contributed by atoms with Crippen LogP contribution in [0.1, 0.15) is 168 Å². The van der Waals surface area contributed by atoms with Crippen LogP contribution in [0.25, 0.3) is 67.6 Å². The predicted molar refractivity (Wildman–Crippen MR) is 449 cm³/mol. The second-order valence-electron chi connectivity index (χ2n) is 31.5. The van der Waals surface area contributed by atoms with E-state index in [0.29, 0.717) is 77.3 Å². The molecule has 6 amide bonds. The molecule has 6 aromatic heterocycles. The normalized spacial score (nSPS) is 17.1. The molecule has 3 atom stereocenters. The van der Waals surface area contributed by atoms with Gasteiger partial charge in [0.15, 0.2) is 11.3 Å². The summed E-state index contributed by atoms with van der Waals surface area (Å²) in [4.78, 5) is 124. The van der Waals surface area contributed by atoms with E-state index in [0.717, 1.165) is 109 Å². The molecule has 0 saturated heterocycles. The number of nitrogens with zero attached hydrogens (tertiary/aromatic N) is 14. The number of aromatic nitrogens is 12. The molecule has 7 aromatic carbocycles. The van der Waals surface area contributed by atoms with Crippen molar-refractivity contribution in [2.75, 3.05) is 0 Å². The second kappa shape index (κ2) is 32.1. The van der Waals surface area contributed by atoms with Crippen LogP contribution in [-0.2, 0) is 65.0 Å². The summed E-state index contributed by atoms with van der Waals surface area (Å²) < 4.78 is 16.6. The summed E-state index contributed by atoms with van der Waals surface area (Å²) in [5, 5.41) is 6.41. The van der Waals surface area contributed by atoms with Crippen LogP contribution in [0.3, 0.4) is 0 Å². The minimum absolute atomic E-state index is 0.0558. The highest BCUT2D eigenvalue weighted by molar-refractivity contribution is 9.10. The lowest BCUT2D eigenvalue weighted by Gasteiger charge is -2.35. The van der Waals surface area contributed by atoms with Crippen LogP contribution in [0.5, 0.6) is 0 Å². The Morgan fingerprint density at radius 1 is 0.457 bits per heavy atom. The minimum atomic E-state index is -0.820. The molecular weight excluding hydrogens is 1590 g/mol. The lowest BCUT2D eigenvalue weighted by Crippen LogP contribution is -2.49. The van der Waals surface area contributed by atoms with Gasteiger partial charge in [-0.2, -0.15) is 0 Å². The van der Waals surface area contributed by atoms with Gasteiger partial charge in [0.1, 0.15) is 69.6 Å². The zero-order valence-electron chi connectivity index (χ0n) is 66.6. The lowest BCUT2D eigenvalue weighted by atomic mass is 9.85. The average molecular weight is 1680 g/mol. The largest absolute Gasteiger partial charge is 0.443 e. The zero-order chi connectivity index (χ0) is 82.3. The summed E-state index contributed by atoms with van der Waals surface area (Å²) in [6, 6.07) is 52.9. The number of carbonyl (C=O) groups is 6. The van der Waals surface area contributed by atoms with Gasteiger partial charge in [0.05, 0.1) is 34.3 Å². The van der Waals surface area contributed by atoms with E-state index >= 15 is 0 Å². The molecular formula is C90H86Br2N16O8. The number of fused-ring (bicyclic) bond motifs is 6. The second-order valence-corrected chi connectivity index (χ2v) is 33.4. The Morgan fingerprint density at radius 3 is 1.29 bits per heavy atom. The van der Waals surface area contributed by atoms with Gasteiger partial charge in [0, 0.05) is 86.6 Å². The van der Waals surface area contributed by atoms with E-state index in [1.54, 1.807) is 97.2 Å². The van der Waals surface area contributed by atoms with Crippen molar-refractivity contribution in [3.05, 3.63) is 283 Å². The molecule has 4 aliphatic rings. The summed E-state index contributed by atoms with van der Waals surface area (Å²) in [5.41, 5.74) is 14.1. The number of ether oxygens (including phenoxy) is 2. The van der Waals surface area contributed by atoms with Crippen LogP contribution in [-0.4, -0.2) is 116 Å². The quantitative estimate of drug-likeness (QED) is 0.115. The first-order valence-corrected chi connectivity index (χ1v) is 39.7. The molecule has 116 heavy (non-hydrogen) atoms. The highest BCUT2D eigenvalue weighted by atomic mass is 79.9. The van der Waals surface area contributed by atoms with Gasteiger partial charge >= 0.3 is 12.2 Å². The number of hydrogen-bond acceptors (Lipinski definition) is 18. The summed E-state index contributed by atoms with van der Waals surface area (Å²) in [5.74, 6) is 2.19. The van der Waals surface area contributed by atoms with Crippen LogP contribution in [0, 0.1) is 13.8 Å². The summed E-state index contributed by atoms with van der Waals surface area (Å²) in [6.07, 6.45) is 11.0. The Bertz CT molecular complexity index is 5750. The smallest absolute Gasteiger partial charge is 0.418 e. The first-order valence-electron chi connectivity index (χ1n) is 38.1. The van der Waals surface area contributed by atoms with Crippen molar-refractivity contribution >= 4 is 90.0 Å². The lowest BCUT2D eigenvalue weighted by molar-refractivity contribution is 0.00647. The molecule has 0 bridgehead atoms. The number of amides is 6. The van der Waals surface area contributed by atoms with Gasteiger partial charge in [-0.3, -0.25) is 19.2 Å². The van der Waals surface area contributed by atoms with E-state index in [2.05, 4.69) is 146 Å². The molecule has 13 aromatic rings. The molecule has 24 nitrogen and oxygen atoms in total. The maximum atomic E-state index is 13.1. The minimum Gasteiger partial charge on any atom is -0.443 e. The van der Waals surface area contributed by atoms with Crippen LogP contribution in [0.2, 0.25) is 0 Å². The molecule has 17 rings (SSSR count). The molecule has 0 radical (unpaired) electrons. The van der Waals surface area contributed by atoms with Gasteiger partial charge in [-0.25, -0.2) is 69.2 Å². The number of imidazole rings is 2. The summed E-state index contributed by atoms with van der Waals surface area (Å²) in [7, 11) is 0. The number of aryl methyl sites for hydroxylation is 4. The maximum Gasteiger partial charge on any atom is 0.418 e. The molecule has 26 heteroatoms. The maximum absolute atomic E-state index is 13.1. The third-order valence-electron chi connectivity index (χ3n) is 20.6. The SMILES string of the molecule is CC(C)(C)OC(=O)N1C(=O)c2ccc(Br)cc2C1(C)Cc1ccccc1.CC(C)(C)OC(=O)N1Cc2cc(Br)ccc2C1=O.CCn1c(-c2cnc(C)nc2)nc2c(-c3ccc4c(c3)C(C)(Cc3ccccc3)NC4=O)ncnc21.CCn1c(-c2cnc(C)nc2)nc2c(-c3ccc4c(c3)C(C)(Cc3ccccc3)NC4=O)ncnc21. The van der Waals surface area contributed by atoms with E-state index in [1.807, 2.05) is 139 Å². The Labute approximate surface area is 688 Å². The summed E-state index contributed by atoms with van der Waals surface area (Å²) in [6.45, 7) is 26.2. The van der Waals surface area contributed by atoms with E-state index in [-0.39, 0.29) is 30.2 Å². The molecule has 0 aliphatic carbocycles. The van der Waals surface area contributed by atoms with E-state index in [4.69, 9.17) is 19.4 Å². The van der Waals surface area contributed by atoms with Crippen LogP contribution >= 0.6 is 31.9 Å². The van der Waals surface area contributed by atoms with E-state index in [9.17, 15) is 28.8 Å². The number of nitrogens with one attached hydrogen (secondary N) is 2. The van der Waals surface area contributed by atoms with Gasteiger partial charge < -0.3 is 29.2 Å². The Hall–Kier alpha value is -12.4. The van der Waals surface area contributed by atoms with Crippen molar-refractivity contribution in [1.82, 2.24) is 79.4 Å². The molecule has 0 spiro atoms. The average Bonchev–Trinajstić information content (AvgIpc) is 1.59. The molecule has 588 valence electrons. The van der Waals surface area contributed by atoms with E-state index < -0.39 is 40.0 Å². The van der Waals surface area contributed by atoms with Crippen molar-refractivity contribution in [3.63, 3.8) is 0 Å². The van der Waals surface area contributed by atoms with Crippen molar-refractivity contribution in [1.29, 1.82) is 0 Å². The van der Waals surface area contributed by atoms with Gasteiger partial charge in [-0.15, -0.1) is 0 Å². The van der Waals surface area contributed by atoms with Crippen LogP contribution in [0.15, 0.2) is 210 Å². The molecule has 0 saturated carbocycles. The fourth-order valence-electron chi connectivity index (χ4n) is 15.2. The Balaban J connectivity index is 0.000000132. The predicted octanol–water partition coefficient (Wildman–Crippen LogP) is 17.6. The number of hydrogen-bond donors (Lipinski definition) is 2. The van der Waals surface area contributed by atoms with Crippen LogP contribution < -0.4 is 10.6 Å². The van der Waals surface area contributed by atoms with Gasteiger partial charge in [0.25, 0.3) is 23.6 Å². The first-order chi connectivity index (χ1) is 55.3. The number of imide groups is 2. The third kappa shape index (κ3) is 16.4. The Morgan fingerprint density at radius 2 is 0.862 bits per heavy atom. The highest BCUT2D eigenvalue weighted by Crippen LogP contribution is 2.45. The zero-order valence-corrected chi connectivity index (χ0v) is 69.8. The van der Waals surface area contributed by atoms with E-state index in [1.165, 1.54) is 4.90 Å². The van der Waals surface area contributed by atoms with Crippen LogP contribution in [0.4, 0.5) is 9.59 Å². The van der Waals surface area contributed by atoms with Gasteiger partial charge in [0.2, 0.25) is 0 Å². The standard InChI is InChI=1S/2C28H25N7O.C21H22BrNO3.C13H14BrNO3/c2*1-4-35-25(20-14-29-17(2)30-15-20)33-24-23(31-16-32-26(24)35)19-10-11-21-22(12-19)28(3,34-27(21)36)13-18-8-6-5-7-9-18;1-20(2,3)26-19(25)23-18(24)16-11-10-15(22)12-17(16)21(23,4)13-14-8-6-5-7-9-14;1-13(2,3)18-12(17)15-7-8-6-9(14)4-5-10(8)11(15)16/h2*5-12,14-16H,4,13H2,1-3H3,(H,34,36);5-12H,13H2,1-4H3;4-6H,7H2,1-3H3. The van der Waals surface area contributed by atoms with Crippen molar-refractivity contribution in [2.45, 2.75) is 157 Å². The van der Waals surface area contributed by atoms with Gasteiger partial charge in [-0.05, 0) is 202 Å². The number of halogens is 2. The molecule has 3 unspecified atom stereocenters. The number of carbonyl (C=O) groups excluding carboxylic acids is 6. The number of rotatable bonds is 12. The topological polar surface area (TPSA) is 290 Å². The fraction of sp³-hybridized carbons (Fsp3) is 0.267. The van der Waals surface area contributed by atoms with Gasteiger partial charge in [-0.1, -0.05) is 135 Å². The molecule has 4 aliphatic heterocycles. The molecule has 10 heterocycles. The van der Waals surface area contributed by atoms with Crippen molar-refractivity contribution in [2.24, 2.45) is 0 Å². The Kier molecular flexibility index (Phi) is 22.2. The third-order valence-corrected chi connectivity index (χ3v) is 21.5. The number of benzene rings is 7. The van der Waals surface area contributed by atoms with Crippen molar-refractivity contribution < 1.29 is 38.2 Å². The fourth-order valence-corrected chi connectivity index (χ4v) is 16.0. The summed E-state index contributed by atoms with van der Waals surface area (Å²) >= 11 is 6.83.